The molecule has 0 amide bonds. The van der Waals surface area contributed by atoms with Gasteiger partial charge in [-0.1, -0.05) is 86.0 Å². The van der Waals surface area contributed by atoms with Crippen LogP contribution in [0.1, 0.15) is 121 Å². The third kappa shape index (κ3) is 4.80. The average molecular weight is 669 g/mol. The number of hydrogen-bond acceptors (Lipinski definition) is 8. The molecule has 5 aliphatic rings. The van der Waals surface area contributed by atoms with Gasteiger partial charge in [-0.3, -0.25) is 4.79 Å². The number of fused-ring (bicyclic) bond motifs is 3. The summed E-state index contributed by atoms with van der Waals surface area (Å²) in [6, 6.07) is -0.204. The SMILES string of the molecule is CC(C)[C@@H](C)[C@@]1(C)CC[C@]2(C)[C@H]3CC[C@@H]4[C@@]5(COC[C@@]4(C)[C@@H](OC[C@@](C)(N)C(C)(C)C)[C@H](n4nnc(N)n4)C5)C3=CC[C@@]2(C)[C@@H]1C(=O)O. The maximum atomic E-state index is 13.4. The molecule has 1 aromatic rings. The molecule has 270 valence electrons. The van der Waals surface area contributed by atoms with E-state index in [1.807, 2.05) is 0 Å². The summed E-state index contributed by atoms with van der Waals surface area (Å²) >= 11 is 0. The first-order valence-electron chi connectivity index (χ1n) is 18.6. The number of nitrogens with two attached hydrogens (primary N) is 2. The summed E-state index contributed by atoms with van der Waals surface area (Å²) in [6.07, 6.45) is 7.79. The van der Waals surface area contributed by atoms with Crippen molar-refractivity contribution in [2.75, 3.05) is 25.6 Å². The Morgan fingerprint density at radius 3 is 2.38 bits per heavy atom. The van der Waals surface area contributed by atoms with Crippen LogP contribution in [0.4, 0.5) is 5.95 Å². The van der Waals surface area contributed by atoms with Crippen LogP contribution >= 0.6 is 0 Å². The van der Waals surface area contributed by atoms with Crippen molar-refractivity contribution >= 4 is 11.9 Å². The smallest absolute Gasteiger partial charge is 0.307 e. The van der Waals surface area contributed by atoms with Crippen LogP contribution < -0.4 is 11.5 Å². The molecule has 0 aromatic carbocycles. The number of rotatable bonds is 7. The number of ether oxygens (including phenoxy) is 2. The number of carbonyl (C=O) groups is 1. The normalized spacial score (nSPS) is 44.5. The summed E-state index contributed by atoms with van der Waals surface area (Å²) in [4.78, 5) is 15.1. The van der Waals surface area contributed by atoms with Gasteiger partial charge in [0.1, 0.15) is 6.04 Å². The zero-order chi connectivity index (χ0) is 35.5. The molecule has 0 radical (unpaired) electrons. The van der Waals surface area contributed by atoms with E-state index in [2.05, 4.69) is 97.6 Å². The van der Waals surface area contributed by atoms with Crippen molar-refractivity contribution < 1.29 is 19.4 Å². The van der Waals surface area contributed by atoms with Gasteiger partial charge in [0.2, 0.25) is 0 Å². The van der Waals surface area contributed by atoms with Gasteiger partial charge in [-0.2, -0.15) is 4.80 Å². The summed E-state index contributed by atoms with van der Waals surface area (Å²) in [5, 5.41) is 24.2. The van der Waals surface area contributed by atoms with E-state index in [9.17, 15) is 9.90 Å². The highest BCUT2D eigenvalue weighted by atomic mass is 16.5. The van der Waals surface area contributed by atoms with Crippen LogP contribution in [-0.2, 0) is 14.3 Å². The minimum absolute atomic E-state index is 0.153. The Hall–Kier alpha value is -2.04. The van der Waals surface area contributed by atoms with Crippen molar-refractivity contribution in [3.63, 3.8) is 0 Å². The van der Waals surface area contributed by atoms with Crippen molar-refractivity contribution in [2.24, 2.45) is 67.8 Å². The number of anilines is 1. The second-order valence-corrected chi connectivity index (χ2v) is 19.5. The van der Waals surface area contributed by atoms with Crippen LogP contribution in [0.3, 0.4) is 0 Å². The van der Waals surface area contributed by atoms with E-state index in [1.165, 1.54) is 5.57 Å². The van der Waals surface area contributed by atoms with Crippen molar-refractivity contribution in [2.45, 2.75) is 132 Å². The maximum absolute atomic E-state index is 13.4. The zero-order valence-electron chi connectivity index (χ0n) is 31.6. The molecule has 2 heterocycles. The number of nitrogen functional groups attached to an aromatic ring is 1. The molecule has 6 rings (SSSR count). The topological polar surface area (TPSA) is 151 Å². The quantitative estimate of drug-likeness (QED) is 0.275. The molecule has 2 bridgehead atoms. The third-order valence-electron chi connectivity index (χ3n) is 16.1. The minimum atomic E-state index is -0.634. The summed E-state index contributed by atoms with van der Waals surface area (Å²) in [5.41, 5.74) is 12.3. The molecule has 3 saturated carbocycles. The molecular formula is C38H64N6O4. The molecular weight excluding hydrogens is 604 g/mol. The van der Waals surface area contributed by atoms with Crippen molar-refractivity contribution in [3.8, 4) is 0 Å². The van der Waals surface area contributed by atoms with E-state index >= 15 is 0 Å². The Labute approximate surface area is 288 Å². The summed E-state index contributed by atoms with van der Waals surface area (Å²) in [5.74, 6) is 0.430. The molecule has 0 spiro atoms. The number of aliphatic carboxylic acids is 1. The fraction of sp³-hybridized carbons (Fsp3) is 0.895. The summed E-state index contributed by atoms with van der Waals surface area (Å²) in [7, 11) is 0. The fourth-order valence-corrected chi connectivity index (χ4v) is 12.0. The second-order valence-electron chi connectivity index (χ2n) is 19.5. The highest BCUT2D eigenvalue weighted by molar-refractivity contribution is 5.73. The van der Waals surface area contributed by atoms with E-state index in [0.717, 1.165) is 38.5 Å². The molecule has 4 fully saturated rings. The molecule has 1 aliphatic heterocycles. The zero-order valence-corrected chi connectivity index (χ0v) is 31.6. The Balaban J connectivity index is 1.44. The number of hydrogen-bond donors (Lipinski definition) is 3. The van der Waals surface area contributed by atoms with E-state index in [0.29, 0.717) is 37.6 Å². The van der Waals surface area contributed by atoms with E-state index in [4.69, 9.17) is 20.9 Å². The van der Waals surface area contributed by atoms with E-state index in [-0.39, 0.29) is 56.5 Å². The van der Waals surface area contributed by atoms with Crippen LogP contribution in [0, 0.1) is 62.1 Å². The second kappa shape index (κ2) is 11.2. The third-order valence-corrected chi connectivity index (χ3v) is 16.1. The Kier molecular flexibility index (Phi) is 8.37. The molecule has 10 nitrogen and oxygen atoms in total. The predicted molar refractivity (Wildman–Crippen MR) is 187 cm³/mol. The van der Waals surface area contributed by atoms with Crippen molar-refractivity contribution in [3.05, 3.63) is 11.6 Å². The largest absolute Gasteiger partial charge is 0.481 e. The van der Waals surface area contributed by atoms with Gasteiger partial charge in [-0.05, 0) is 96.0 Å². The molecule has 12 atom stereocenters. The van der Waals surface area contributed by atoms with Crippen molar-refractivity contribution in [1.29, 1.82) is 0 Å². The Morgan fingerprint density at radius 2 is 1.79 bits per heavy atom. The highest BCUT2D eigenvalue weighted by Gasteiger charge is 2.72. The molecule has 10 heteroatoms. The summed E-state index contributed by atoms with van der Waals surface area (Å²) in [6.45, 7) is 26.3. The lowest BCUT2D eigenvalue weighted by atomic mass is 9.34. The lowest BCUT2D eigenvalue weighted by Crippen LogP contribution is -2.69. The number of nitrogens with zero attached hydrogens (tertiary/aromatic N) is 4. The van der Waals surface area contributed by atoms with Crippen LogP contribution in [-0.4, -0.2) is 62.7 Å². The van der Waals surface area contributed by atoms with Gasteiger partial charge in [0.15, 0.2) is 0 Å². The number of carboxylic acids is 1. The first-order chi connectivity index (χ1) is 22.1. The van der Waals surface area contributed by atoms with Crippen LogP contribution in [0.15, 0.2) is 11.6 Å². The van der Waals surface area contributed by atoms with Gasteiger partial charge in [0, 0.05) is 16.4 Å². The first kappa shape index (κ1) is 35.8. The van der Waals surface area contributed by atoms with E-state index in [1.54, 1.807) is 4.80 Å². The maximum Gasteiger partial charge on any atom is 0.307 e. The van der Waals surface area contributed by atoms with Gasteiger partial charge >= 0.3 is 5.97 Å². The van der Waals surface area contributed by atoms with Crippen LogP contribution in [0.5, 0.6) is 0 Å². The molecule has 5 N–H and O–H groups in total. The van der Waals surface area contributed by atoms with E-state index < -0.39 is 17.4 Å². The number of carboxylic acid groups (broad SMARTS) is 1. The molecule has 48 heavy (non-hydrogen) atoms. The molecule has 1 saturated heterocycles. The summed E-state index contributed by atoms with van der Waals surface area (Å²) < 4.78 is 13.7. The molecule has 0 unspecified atom stereocenters. The van der Waals surface area contributed by atoms with Crippen LogP contribution in [0.2, 0.25) is 0 Å². The molecule has 1 aromatic heterocycles. The Morgan fingerprint density at radius 1 is 1.10 bits per heavy atom. The Bertz CT molecular complexity index is 1450. The number of tetrazole rings is 1. The minimum Gasteiger partial charge on any atom is -0.481 e. The first-order valence-corrected chi connectivity index (χ1v) is 18.6. The fourth-order valence-electron chi connectivity index (χ4n) is 12.0. The van der Waals surface area contributed by atoms with Gasteiger partial charge in [0.05, 0.1) is 31.8 Å². The average Bonchev–Trinajstić information content (AvgIpc) is 3.41. The highest BCUT2D eigenvalue weighted by Crippen LogP contribution is 2.75. The van der Waals surface area contributed by atoms with Gasteiger partial charge < -0.3 is 26.0 Å². The van der Waals surface area contributed by atoms with Gasteiger partial charge in [-0.15, -0.1) is 5.10 Å². The predicted octanol–water partition coefficient (Wildman–Crippen LogP) is 6.53. The number of aromatic nitrogens is 4. The van der Waals surface area contributed by atoms with Gasteiger partial charge in [0.25, 0.3) is 5.95 Å². The monoisotopic (exact) mass is 668 g/mol. The van der Waals surface area contributed by atoms with Gasteiger partial charge in [-0.25, -0.2) is 0 Å². The lowest BCUT2D eigenvalue weighted by Gasteiger charge is -2.71. The van der Waals surface area contributed by atoms with Crippen molar-refractivity contribution in [1.82, 2.24) is 20.2 Å². The number of allylic oxidation sites excluding steroid dienone is 1. The lowest BCUT2D eigenvalue weighted by molar-refractivity contribution is -0.254. The standard InChI is InChI=1S/C38H64N6O4/c1-22(2)23(3)33(7)16-17-35(9)24-12-13-27-34(8)19-47-21-38(27,25(24)14-15-36(35,10)28(33)30(45)46)18-26(44-42-31(39)41-43-44)29(34)48-20-37(11,40)32(4,5)6/h14,22-24,26-29H,12-13,15-21,40H2,1-11H3,(H2,39,42)(H,45,46)/t23-,24+,26-,27+,28-,29+,33-,34-,35-,36+,37-,38+/m1/s1. The molecule has 4 aliphatic carbocycles. The van der Waals surface area contributed by atoms with Crippen LogP contribution in [0.25, 0.3) is 0 Å².